The lowest BCUT2D eigenvalue weighted by molar-refractivity contribution is -0.120. The average molecular weight is 217 g/mol. The van der Waals surface area contributed by atoms with Crippen LogP contribution in [-0.2, 0) is 11.2 Å². The third kappa shape index (κ3) is 4.78. The fourth-order valence-corrected chi connectivity index (χ4v) is 1.53. The second-order valence-corrected chi connectivity index (χ2v) is 3.89. The van der Waals surface area contributed by atoms with Crippen molar-refractivity contribution in [2.45, 2.75) is 32.6 Å². The highest BCUT2D eigenvalue weighted by Gasteiger charge is 2.02. The van der Waals surface area contributed by atoms with E-state index in [0.29, 0.717) is 6.42 Å². The average Bonchev–Trinajstić information content (AvgIpc) is 2.28. The van der Waals surface area contributed by atoms with Crippen LogP contribution < -0.4 is 5.32 Å². The molecule has 0 bridgehead atoms. The fraction of sp³-hybridized carbons (Fsp3) is 0.357. The van der Waals surface area contributed by atoms with Crippen molar-refractivity contribution in [2.75, 3.05) is 0 Å². The van der Waals surface area contributed by atoms with Gasteiger partial charge in [-0.05, 0) is 18.4 Å². The Bertz CT molecular complexity index is 343. The molecule has 0 spiro atoms. The molecule has 0 unspecified atom stereocenters. The van der Waals surface area contributed by atoms with Crippen molar-refractivity contribution in [2.24, 2.45) is 0 Å². The number of amides is 1. The summed E-state index contributed by atoms with van der Waals surface area (Å²) in [7, 11) is 0. The predicted molar refractivity (Wildman–Crippen MR) is 67.0 cm³/mol. The maximum atomic E-state index is 11.5. The number of carbonyl (C=O) groups excluding carboxylic acids is 1. The highest BCUT2D eigenvalue weighted by Crippen LogP contribution is 2.03. The molecule has 16 heavy (non-hydrogen) atoms. The van der Waals surface area contributed by atoms with Crippen LogP contribution in [-0.4, -0.2) is 5.91 Å². The fourth-order valence-electron chi connectivity index (χ4n) is 1.53. The Morgan fingerprint density at radius 3 is 2.56 bits per heavy atom. The number of hydrogen-bond acceptors (Lipinski definition) is 1. The van der Waals surface area contributed by atoms with Crippen molar-refractivity contribution in [3.05, 3.63) is 48.2 Å². The first kappa shape index (κ1) is 12.5. The summed E-state index contributed by atoms with van der Waals surface area (Å²) >= 11 is 0. The Hall–Kier alpha value is -1.57. The van der Waals surface area contributed by atoms with Crippen molar-refractivity contribution in [1.82, 2.24) is 5.32 Å². The number of nitrogens with one attached hydrogen (secondary N) is 1. The molecule has 0 heterocycles. The molecule has 0 saturated carbocycles. The third-order valence-corrected chi connectivity index (χ3v) is 2.35. The van der Waals surface area contributed by atoms with Crippen LogP contribution >= 0.6 is 0 Å². The van der Waals surface area contributed by atoms with Crippen molar-refractivity contribution >= 4 is 5.91 Å². The SMILES string of the molecule is C=C(CCC)NC(=O)CCc1ccccc1. The molecule has 0 saturated heterocycles. The molecule has 1 aromatic carbocycles. The molecule has 0 aliphatic rings. The van der Waals surface area contributed by atoms with E-state index in [-0.39, 0.29) is 5.91 Å². The van der Waals surface area contributed by atoms with E-state index in [1.165, 1.54) is 5.56 Å². The predicted octanol–water partition coefficient (Wildman–Crippen LogP) is 3.05. The van der Waals surface area contributed by atoms with Gasteiger partial charge >= 0.3 is 0 Å². The molecule has 86 valence electrons. The standard InChI is InChI=1S/C14H19NO/c1-3-7-12(2)15-14(16)11-10-13-8-5-4-6-9-13/h4-6,8-9H,2-3,7,10-11H2,1H3,(H,15,16). The van der Waals surface area contributed by atoms with Crippen molar-refractivity contribution in [1.29, 1.82) is 0 Å². The first-order valence-corrected chi connectivity index (χ1v) is 5.74. The molecule has 0 fully saturated rings. The smallest absolute Gasteiger partial charge is 0.224 e. The van der Waals surface area contributed by atoms with E-state index in [4.69, 9.17) is 0 Å². The summed E-state index contributed by atoms with van der Waals surface area (Å²) in [4.78, 5) is 11.5. The van der Waals surface area contributed by atoms with Crippen molar-refractivity contribution in [3.63, 3.8) is 0 Å². The van der Waals surface area contributed by atoms with Gasteiger partial charge in [-0.25, -0.2) is 0 Å². The van der Waals surface area contributed by atoms with Gasteiger partial charge in [0, 0.05) is 12.1 Å². The minimum atomic E-state index is 0.0577. The molecule has 0 aromatic heterocycles. The van der Waals surface area contributed by atoms with E-state index in [2.05, 4.69) is 18.8 Å². The number of carbonyl (C=O) groups is 1. The van der Waals surface area contributed by atoms with Gasteiger partial charge in [0.1, 0.15) is 0 Å². The summed E-state index contributed by atoms with van der Waals surface area (Å²) in [6, 6.07) is 10.0. The van der Waals surface area contributed by atoms with E-state index in [9.17, 15) is 4.79 Å². The van der Waals surface area contributed by atoms with Crippen LogP contribution in [0.5, 0.6) is 0 Å². The van der Waals surface area contributed by atoms with Gasteiger partial charge in [0.2, 0.25) is 5.91 Å². The molecule has 1 N–H and O–H groups in total. The minimum absolute atomic E-state index is 0.0577. The van der Waals surface area contributed by atoms with Crippen LogP contribution in [0.1, 0.15) is 31.7 Å². The summed E-state index contributed by atoms with van der Waals surface area (Å²) in [5.74, 6) is 0.0577. The Balaban J connectivity index is 2.28. The van der Waals surface area contributed by atoms with Crippen LogP contribution in [0.15, 0.2) is 42.6 Å². The topological polar surface area (TPSA) is 29.1 Å². The number of hydrogen-bond donors (Lipinski definition) is 1. The first-order valence-electron chi connectivity index (χ1n) is 5.74. The van der Waals surface area contributed by atoms with E-state index in [1.807, 2.05) is 30.3 Å². The first-order chi connectivity index (χ1) is 7.72. The Labute approximate surface area is 97.4 Å². The minimum Gasteiger partial charge on any atom is -0.330 e. The van der Waals surface area contributed by atoms with Crippen molar-refractivity contribution < 1.29 is 4.79 Å². The second kappa shape index (κ2) is 6.83. The molecule has 1 amide bonds. The summed E-state index contributed by atoms with van der Waals surface area (Å²) in [5, 5.41) is 2.82. The van der Waals surface area contributed by atoms with Crippen molar-refractivity contribution in [3.8, 4) is 0 Å². The molecule has 0 atom stereocenters. The van der Waals surface area contributed by atoms with Gasteiger partial charge < -0.3 is 5.32 Å². The van der Waals surface area contributed by atoms with Crippen LogP contribution in [0.4, 0.5) is 0 Å². The zero-order valence-corrected chi connectivity index (χ0v) is 9.83. The maximum Gasteiger partial charge on any atom is 0.224 e. The summed E-state index contributed by atoms with van der Waals surface area (Å²) < 4.78 is 0. The third-order valence-electron chi connectivity index (χ3n) is 2.35. The lowest BCUT2D eigenvalue weighted by Gasteiger charge is -2.06. The van der Waals surface area contributed by atoms with Gasteiger partial charge in [-0.2, -0.15) is 0 Å². The van der Waals surface area contributed by atoms with Gasteiger partial charge in [-0.1, -0.05) is 50.3 Å². The molecule has 0 aliphatic heterocycles. The molecular weight excluding hydrogens is 198 g/mol. The van der Waals surface area contributed by atoms with Gasteiger partial charge in [0.15, 0.2) is 0 Å². The monoisotopic (exact) mass is 217 g/mol. The number of rotatable bonds is 6. The largest absolute Gasteiger partial charge is 0.330 e. The van der Waals surface area contributed by atoms with Gasteiger partial charge in [0.05, 0.1) is 0 Å². The highest BCUT2D eigenvalue weighted by atomic mass is 16.1. The zero-order chi connectivity index (χ0) is 11.8. The van der Waals surface area contributed by atoms with Gasteiger partial charge in [-0.3, -0.25) is 4.79 Å². The summed E-state index contributed by atoms with van der Waals surface area (Å²) in [6.45, 7) is 5.88. The number of allylic oxidation sites excluding steroid dienone is 1. The van der Waals surface area contributed by atoms with E-state index in [0.717, 1.165) is 25.0 Å². The molecular formula is C14H19NO. The second-order valence-electron chi connectivity index (χ2n) is 3.89. The lowest BCUT2D eigenvalue weighted by Crippen LogP contribution is -2.22. The van der Waals surface area contributed by atoms with Crippen LogP contribution in [0.25, 0.3) is 0 Å². The summed E-state index contributed by atoms with van der Waals surface area (Å²) in [5.41, 5.74) is 2.01. The zero-order valence-electron chi connectivity index (χ0n) is 9.83. The van der Waals surface area contributed by atoms with E-state index >= 15 is 0 Å². The molecule has 1 aromatic rings. The molecule has 2 nitrogen and oxygen atoms in total. The van der Waals surface area contributed by atoms with Gasteiger partial charge in [0.25, 0.3) is 0 Å². The van der Waals surface area contributed by atoms with E-state index in [1.54, 1.807) is 0 Å². The maximum absolute atomic E-state index is 11.5. The molecule has 0 aliphatic carbocycles. The lowest BCUT2D eigenvalue weighted by atomic mass is 10.1. The molecule has 0 radical (unpaired) electrons. The van der Waals surface area contributed by atoms with E-state index < -0.39 is 0 Å². The molecule has 1 rings (SSSR count). The van der Waals surface area contributed by atoms with Crippen LogP contribution in [0.3, 0.4) is 0 Å². The highest BCUT2D eigenvalue weighted by molar-refractivity contribution is 5.77. The van der Waals surface area contributed by atoms with Crippen LogP contribution in [0.2, 0.25) is 0 Å². The van der Waals surface area contributed by atoms with Crippen LogP contribution in [0, 0.1) is 0 Å². The molecule has 2 heteroatoms. The summed E-state index contributed by atoms with van der Waals surface area (Å²) in [6.07, 6.45) is 3.17. The normalized spacial score (nSPS) is 9.81. The quantitative estimate of drug-likeness (QED) is 0.779. The Kier molecular flexibility index (Phi) is 5.34. The van der Waals surface area contributed by atoms with Gasteiger partial charge in [-0.15, -0.1) is 0 Å². The number of aryl methyl sites for hydroxylation is 1. The number of benzene rings is 1. The Morgan fingerprint density at radius 1 is 1.25 bits per heavy atom. The Morgan fingerprint density at radius 2 is 1.94 bits per heavy atom.